The molecule has 90 valence electrons. The van der Waals surface area contributed by atoms with Crippen molar-refractivity contribution in [1.82, 2.24) is 0 Å². The highest BCUT2D eigenvalue weighted by Gasteiger charge is 2.16. The molecule has 0 bridgehead atoms. The summed E-state index contributed by atoms with van der Waals surface area (Å²) in [7, 11) is -1.20. The maximum absolute atomic E-state index is 12.9. The van der Waals surface area contributed by atoms with Crippen molar-refractivity contribution < 1.29 is 8.60 Å². The minimum absolute atomic E-state index is 0.00107. The van der Waals surface area contributed by atoms with E-state index in [-0.39, 0.29) is 16.3 Å². The van der Waals surface area contributed by atoms with Gasteiger partial charge in [0.25, 0.3) is 0 Å². The van der Waals surface area contributed by atoms with Gasteiger partial charge in [-0.3, -0.25) is 4.21 Å². The Balaban J connectivity index is 2.84. The molecule has 2 N–H and O–H groups in total. The topological polar surface area (TPSA) is 43.1 Å². The third kappa shape index (κ3) is 3.54. The number of hydrogen-bond donors (Lipinski definition) is 1. The average Bonchev–Trinajstić information content (AvgIpc) is 2.20. The molecule has 0 aromatic heterocycles. The molecule has 0 saturated heterocycles. The van der Waals surface area contributed by atoms with Crippen LogP contribution in [0.15, 0.2) is 23.1 Å². The lowest BCUT2D eigenvalue weighted by atomic mass is 10.2. The molecular formula is C11H15ClFNOS. The van der Waals surface area contributed by atoms with Gasteiger partial charge in [0.15, 0.2) is 0 Å². The zero-order chi connectivity index (χ0) is 12.3. The van der Waals surface area contributed by atoms with Crippen LogP contribution in [-0.4, -0.2) is 15.5 Å². The Morgan fingerprint density at radius 2 is 2.12 bits per heavy atom. The van der Waals surface area contributed by atoms with Crippen LogP contribution in [0.2, 0.25) is 5.02 Å². The number of hydrogen-bond acceptors (Lipinski definition) is 2. The highest BCUT2D eigenvalue weighted by molar-refractivity contribution is 7.85. The van der Waals surface area contributed by atoms with E-state index in [9.17, 15) is 8.60 Å². The maximum atomic E-state index is 12.9. The van der Waals surface area contributed by atoms with Crippen LogP contribution >= 0.6 is 11.6 Å². The Labute approximate surface area is 102 Å². The van der Waals surface area contributed by atoms with Crippen LogP contribution in [0.3, 0.4) is 0 Å². The zero-order valence-corrected chi connectivity index (χ0v) is 10.8. The van der Waals surface area contributed by atoms with E-state index in [0.717, 1.165) is 0 Å². The van der Waals surface area contributed by atoms with Gasteiger partial charge in [0.1, 0.15) is 5.82 Å². The molecule has 2 nitrogen and oxygen atoms in total. The number of rotatable bonds is 4. The molecule has 1 aromatic rings. The summed E-state index contributed by atoms with van der Waals surface area (Å²) in [5.41, 5.74) is 5.64. The molecule has 0 radical (unpaired) electrons. The van der Waals surface area contributed by atoms with Gasteiger partial charge in [0.05, 0.1) is 15.8 Å². The molecule has 1 rings (SSSR count). The number of nitrogens with two attached hydrogens (primary N) is 1. The van der Waals surface area contributed by atoms with E-state index in [1.165, 1.54) is 18.2 Å². The van der Waals surface area contributed by atoms with Crippen molar-refractivity contribution in [3.8, 4) is 0 Å². The van der Waals surface area contributed by atoms with Crippen molar-refractivity contribution in [2.45, 2.75) is 36.5 Å². The Morgan fingerprint density at radius 3 is 2.62 bits per heavy atom. The van der Waals surface area contributed by atoms with Gasteiger partial charge in [-0.05, 0) is 31.5 Å². The standard InChI is InChI=1S/C11H15ClFNOS/c1-7(14)5-8(2)16(15)9-3-4-11(13)10(12)6-9/h3-4,6-8H,5,14H2,1-2H3. The van der Waals surface area contributed by atoms with Gasteiger partial charge in [-0.2, -0.15) is 0 Å². The fourth-order valence-electron chi connectivity index (χ4n) is 1.45. The highest BCUT2D eigenvalue weighted by Crippen LogP contribution is 2.21. The van der Waals surface area contributed by atoms with E-state index in [2.05, 4.69) is 0 Å². The molecule has 0 amide bonds. The fraction of sp³-hybridized carbons (Fsp3) is 0.455. The summed E-state index contributed by atoms with van der Waals surface area (Å²) in [4.78, 5) is 0.541. The molecule has 3 atom stereocenters. The molecule has 0 aliphatic carbocycles. The first-order valence-electron chi connectivity index (χ1n) is 5.03. The Morgan fingerprint density at radius 1 is 1.50 bits per heavy atom. The molecule has 0 spiro atoms. The zero-order valence-electron chi connectivity index (χ0n) is 9.24. The summed E-state index contributed by atoms with van der Waals surface area (Å²) in [6.07, 6.45) is 0.654. The van der Waals surface area contributed by atoms with Crippen LogP contribution in [0.25, 0.3) is 0 Å². The van der Waals surface area contributed by atoms with Crippen molar-refractivity contribution >= 4 is 22.4 Å². The van der Waals surface area contributed by atoms with Crippen LogP contribution in [0.4, 0.5) is 4.39 Å². The maximum Gasteiger partial charge on any atom is 0.141 e. The molecule has 1 aromatic carbocycles. The monoisotopic (exact) mass is 263 g/mol. The van der Waals surface area contributed by atoms with Gasteiger partial charge in [-0.1, -0.05) is 18.5 Å². The van der Waals surface area contributed by atoms with Crippen molar-refractivity contribution in [1.29, 1.82) is 0 Å². The predicted molar refractivity (Wildman–Crippen MR) is 65.5 cm³/mol. The Kier molecular flexibility index (Phi) is 4.89. The predicted octanol–water partition coefficient (Wildman–Crippen LogP) is 2.71. The second-order valence-electron chi connectivity index (χ2n) is 3.90. The van der Waals surface area contributed by atoms with Crippen LogP contribution in [0.1, 0.15) is 20.3 Å². The summed E-state index contributed by atoms with van der Waals surface area (Å²) in [5.74, 6) is -0.498. The minimum Gasteiger partial charge on any atom is -0.328 e. The van der Waals surface area contributed by atoms with Gasteiger partial charge >= 0.3 is 0 Å². The van der Waals surface area contributed by atoms with E-state index in [0.29, 0.717) is 11.3 Å². The van der Waals surface area contributed by atoms with E-state index in [1.54, 1.807) is 0 Å². The molecule has 16 heavy (non-hydrogen) atoms. The SMILES string of the molecule is CC(N)CC(C)S(=O)c1ccc(F)c(Cl)c1. The highest BCUT2D eigenvalue weighted by atomic mass is 35.5. The van der Waals surface area contributed by atoms with Gasteiger partial charge in [-0.15, -0.1) is 0 Å². The average molecular weight is 264 g/mol. The second kappa shape index (κ2) is 5.75. The van der Waals surface area contributed by atoms with Gasteiger partial charge in [0.2, 0.25) is 0 Å². The molecule has 5 heteroatoms. The summed E-state index contributed by atoms with van der Waals surface area (Å²) < 4.78 is 24.9. The van der Waals surface area contributed by atoms with Crippen molar-refractivity contribution in [3.63, 3.8) is 0 Å². The summed E-state index contributed by atoms with van der Waals surface area (Å²) in [6, 6.07) is 4.13. The van der Waals surface area contributed by atoms with Gasteiger partial charge in [0, 0.05) is 16.2 Å². The quantitative estimate of drug-likeness (QED) is 0.908. The van der Waals surface area contributed by atoms with E-state index in [1.807, 2.05) is 13.8 Å². The van der Waals surface area contributed by atoms with Crippen LogP contribution < -0.4 is 5.73 Å². The molecule has 0 fully saturated rings. The van der Waals surface area contributed by atoms with Crippen molar-refractivity contribution in [3.05, 3.63) is 29.0 Å². The van der Waals surface area contributed by atoms with Crippen molar-refractivity contribution in [2.24, 2.45) is 5.73 Å². The largest absolute Gasteiger partial charge is 0.328 e. The Bertz CT molecular complexity index is 398. The first kappa shape index (κ1) is 13.6. The Hall–Kier alpha value is -0.450. The summed E-state index contributed by atoms with van der Waals surface area (Å²) in [6.45, 7) is 3.72. The lowest BCUT2D eigenvalue weighted by Crippen LogP contribution is -2.24. The molecule has 0 aliphatic rings. The molecule has 0 heterocycles. The normalized spacial score (nSPS) is 16.8. The van der Waals surface area contributed by atoms with Crippen LogP contribution in [0.5, 0.6) is 0 Å². The summed E-state index contributed by atoms with van der Waals surface area (Å²) in [5, 5.41) is -0.0691. The molecule has 3 unspecified atom stereocenters. The number of halogens is 2. The first-order chi connectivity index (χ1) is 7.41. The van der Waals surface area contributed by atoms with Crippen LogP contribution in [0, 0.1) is 5.82 Å². The minimum atomic E-state index is -1.20. The fourth-order valence-corrected chi connectivity index (χ4v) is 3.07. The van der Waals surface area contributed by atoms with Crippen molar-refractivity contribution in [2.75, 3.05) is 0 Å². The lowest BCUT2D eigenvalue weighted by molar-refractivity contribution is 0.622. The van der Waals surface area contributed by atoms with Crippen LogP contribution in [-0.2, 0) is 10.8 Å². The molecule has 0 saturated carbocycles. The van der Waals surface area contributed by atoms with E-state index >= 15 is 0 Å². The second-order valence-corrected chi connectivity index (χ2v) is 6.18. The molecule has 0 aliphatic heterocycles. The van der Waals surface area contributed by atoms with Gasteiger partial charge in [-0.25, -0.2) is 4.39 Å². The third-order valence-electron chi connectivity index (χ3n) is 2.19. The third-order valence-corrected chi connectivity index (χ3v) is 4.12. The number of benzene rings is 1. The smallest absolute Gasteiger partial charge is 0.141 e. The molecular weight excluding hydrogens is 249 g/mol. The lowest BCUT2D eigenvalue weighted by Gasteiger charge is -2.13. The first-order valence-corrected chi connectivity index (χ1v) is 6.62. The van der Waals surface area contributed by atoms with Gasteiger partial charge < -0.3 is 5.73 Å². The van der Waals surface area contributed by atoms with E-state index < -0.39 is 16.6 Å². The van der Waals surface area contributed by atoms with E-state index in [4.69, 9.17) is 17.3 Å². The summed E-state index contributed by atoms with van der Waals surface area (Å²) >= 11 is 5.63.